The van der Waals surface area contributed by atoms with Crippen molar-refractivity contribution in [2.45, 2.75) is 0 Å². The van der Waals surface area contributed by atoms with Crippen molar-refractivity contribution in [2.24, 2.45) is 0 Å². The third kappa shape index (κ3) is 1.33. The summed E-state index contributed by atoms with van der Waals surface area (Å²) in [5.41, 5.74) is 1.03. The Kier molecular flexibility index (Phi) is 1.96. The molecule has 3 rings (SSSR count). The van der Waals surface area contributed by atoms with Gasteiger partial charge in [-0.15, -0.1) is 0 Å². The maximum atomic E-state index is 4.44. The van der Waals surface area contributed by atoms with E-state index in [9.17, 15) is 0 Å². The second-order valence-corrected chi connectivity index (χ2v) is 4.33. The van der Waals surface area contributed by atoms with Crippen LogP contribution in [0.5, 0.6) is 0 Å². The average molecular weight is 258 g/mol. The molecule has 0 N–H and O–H groups in total. The first kappa shape index (κ1) is 8.86. The minimum Gasteiger partial charge on any atom is -0.256 e. The summed E-state index contributed by atoms with van der Waals surface area (Å²) in [6.45, 7) is 0. The van der Waals surface area contributed by atoms with Gasteiger partial charge >= 0.3 is 0 Å². The number of hydrogen-bond acceptors (Lipinski definition) is 1. The molecule has 0 amide bonds. The van der Waals surface area contributed by atoms with E-state index in [0.717, 1.165) is 9.99 Å². The van der Waals surface area contributed by atoms with Gasteiger partial charge in [0.25, 0.3) is 0 Å². The Balaban J connectivity index is 2.64. The zero-order valence-corrected chi connectivity index (χ0v) is 9.53. The number of benzene rings is 2. The molecule has 0 bridgehead atoms. The summed E-state index contributed by atoms with van der Waals surface area (Å²) in [7, 11) is 0. The highest BCUT2D eigenvalue weighted by atomic mass is 79.9. The number of hydrogen-bond donors (Lipinski definition) is 0. The van der Waals surface area contributed by atoms with E-state index in [1.807, 2.05) is 24.4 Å². The minimum absolute atomic E-state index is 1.03. The lowest BCUT2D eigenvalue weighted by atomic mass is 10.1. The van der Waals surface area contributed by atoms with Crippen molar-refractivity contribution in [3.8, 4) is 0 Å². The van der Waals surface area contributed by atoms with E-state index in [4.69, 9.17) is 0 Å². The second-order valence-electron chi connectivity index (χ2n) is 3.48. The molecule has 0 unspecified atom stereocenters. The van der Waals surface area contributed by atoms with Crippen LogP contribution in [0, 0.1) is 0 Å². The van der Waals surface area contributed by atoms with Crippen molar-refractivity contribution in [2.75, 3.05) is 0 Å². The van der Waals surface area contributed by atoms with Gasteiger partial charge in [-0.3, -0.25) is 4.98 Å². The molecule has 72 valence electrons. The van der Waals surface area contributed by atoms with E-state index in [2.05, 4.69) is 45.2 Å². The standard InChI is InChI=1S/C13H8BrN/c14-11-6-3-7-12-13(11)10-5-2-1-4-9(10)8-15-12/h1-8H. The van der Waals surface area contributed by atoms with Crippen molar-refractivity contribution < 1.29 is 0 Å². The van der Waals surface area contributed by atoms with Crippen LogP contribution in [0.4, 0.5) is 0 Å². The van der Waals surface area contributed by atoms with Crippen molar-refractivity contribution in [1.29, 1.82) is 0 Å². The Morgan fingerprint density at radius 3 is 2.73 bits per heavy atom. The molecule has 15 heavy (non-hydrogen) atoms. The van der Waals surface area contributed by atoms with Crippen LogP contribution in [0.15, 0.2) is 53.1 Å². The highest BCUT2D eigenvalue weighted by molar-refractivity contribution is 9.10. The Labute approximate surface area is 95.9 Å². The first-order valence-electron chi connectivity index (χ1n) is 4.78. The lowest BCUT2D eigenvalue weighted by Gasteiger charge is -2.04. The predicted octanol–water partition coefficient (Wildman–Crippen LogP) is 4.15. The molecule has 0 saturated heterocycles. The van der Waals surface area contributed by atoms with Gasteiger partial charge in [0.15, 0.2) is 0 Å². The number of nitrogens with zero attached hydrogens (tertiary/aromatic N) is 1. The Morgan fingerprint density at radius 1 is 0.933 bits per heavy atom. The fraction of sp³-hybridized carbons (Fsp3) is 0. The fourth-order valence-corrected chi connectivity index (χ4v) is 2.43. The monoisotopic (exact) mass is 257 g/mol. The van der Waals surface area contributed by atoms with Gasteiger partial charge in [-0.25, -0.2) is 0 Å². The molecule has 2 aromatic carbocycles. The molecule has 3 aromatic rings. The molecule has 1 nitrogen and oxygen atoms in total. The molecular weight excluding hydrogens is 250 g/mol. The SMILES string of the molecule is Brc1cccc2ncc3ccccc3c12. The van der Waals surface area contributed by atoms with E-state index >= 15 is 0 Å². The van der Waals surface area contributed by atoms with Crippen molar-refractivity contribution in [1.82, 2.24) is 4.98 Å². The summed E-state index contributed by atoms with van der Waals surface area (Å²) in [5.74, 6) is 0. The maximum Gasteiger partial charge on any atom is 0.0719 e. The van der Waals surface area contributed by atoms with Gasteiger partial charge in [0.1, 0.15) is 0 Å². The smallest absolute Gasteiger partial charge is 0.0719 e. The molecule has 1 heterocycles. The van der Waals surface area contributed by atoms with Crippen LogP contribution in [0.2, 0.25) is 0 Å². The predicted molar refractivity (Wildman–Crippen MR) is 66.9 cm³/mol. The van der Waals surface area contributed by atoms with Crippen molar-refractivity contribution in [3.63, 3.8) is 0 Å². The van der Waals surface area contributed by atoms with E-state index in [1.165, 1.54) is 16.2 Å². The molecule has 0 radical (unpaired) electrons. The van der Waals surface area contributed by atoms with Crippen LogP contribution >= 0.6 is 15.9 Å². The van der Waals surface area contributed by atoms with Gasteiger partial charge in [-0.2, -0.15) is 0 Å². The zero-order chi connectivity index (χ0) is 10.3. The van der Waals surface area contributed by atoms with Crippen molar-refractivity contribution in [3.05, 3.63) is 53.1 Å². The highest BCUT2D eigenvalue weighted by Gasteiger charge is 2.03. The van der Waals surface area contributed by atoms with Crippen LogP contribution in [-0.4, -0.2) is 4.98 Å². The molecule has 0 atom stereocenters. The number of pyridine rings is 1. The topological polar surface area (TPSA) is 12.9 Å². The lowest BCUT2D eigenvalue weighted by Crippen LogP contribution is -1.82. The molecule has 0 aliphatic rings. The maximum absolute atomic E-state index is 4.44. The summed E-state index contributed by atoms with van der Waals surface area (Å²) in [5, 5.41) is 3.61. The van der Waals surface area contributed by atoms with Crippen LogP contribution in [0.3, 0.4) is 0 Å². The van der Waals surface area contributed by atoms with Gasteiger partial charge in [0.2, 0.25) is 0 Å². The summed E-state index contributed by atoms with van der Waals surface area (Å²) < 4.78 is 1.10. The van der Waals surface area contributed by atoms with E-state index in [-0.39, 0.29) is 0 Å². The first-order chi connectivity index (χ1) is 7.36. The molecule has 1 aromatic heterocycles. The average Bonchev–Trinajstić information content (AvgIpc) is 2.29. The van der Waals surface area contributed by atoms with Gasteiger partial charge in [0.05, 0.1) is 5.52 Å². The number of aromatic nitrogens is 1. The summed E-state index contributed by atoms with van der Waals surface area (Å²) >= 11 is 3.58. The van der Waals surface area contributed by atoms with E-state index in [1.54, 1.807) is 0 Å². The van der Waals surface area contributed by atoms with Gasteiger partial charge in [-0.05, 0) is 17.5 Å². The Morgan fingerprint density at radius 2 is 1.80 bits per heavy atom. The molecular formula is C13H8BrN. The number of rotatable bonds is 0. The highest BCUT2D eigenvalue weighted by Crippen LogP contribution is 2.29. The normalized spacial score (nSPS) is 11.0. The number of fused-ring (bicyclic) bond motifs is 3. The van der Waals surface area contributed by atoms with Crippen LogP contribution in [0.25, 0.3) is 21.7 Å². The van der Waals surface area contributed by atoms with E-state index in [0.29, 0.717) is 0 Å². The number of halogens is 1. The summed E-state index contributed by atoms with van der Waals surface area (Å²) in [6.07, 6.45) is 1.92. The Bertz CT molecular complexity index is 646. The molecule has 0 aliphatic heterocycles. The Hall–Kier alpha value is -1.41. The van der Waals surface area contributed by atoms with Gasteiger partial charge in [0, 0.05) is 21.4 Å². The van der Waals surface area contributed by atoms with Gasteiger partial charge < -0.3 is 0 Å². The summed E-state index contributed by atoms with van der Waals surface area (Å²) in [4.78, 5) is 4.44. The molecule has 0 fully saturated rings. The fourth-order valence-electron chi connectivity index (χ4n) is 1.86. The molecule has 0 aliphatic carbocycles. The summed E-state index contributed by atoms with van der Waals surface area (Å²) in [6, 6.07) is 14.4. The minimum atomic E-state index is 1.03. The van der Waals surface area contributed by atoms with Crippen LogP contribution in [-0.2, 0) is 0 Å². The molecule has 0 saturated carbocycles. The second kappa shape index (κ2) is 3.31. The van der Waals surface area contributed by atoms with E-state index < -0.39 is 0 Å². The van der Waals surface area contributed by atoms with Gasteiger partial charge in [-0.1, -0.05) is 46.3 Å². The van der Waals surface area contributed by atoms with Crippen LogP contribution < -0.4 is 0 Å². The first-order valence-corrected chi connectivity index (χ1v) is 5.57. The van der Waals surface area contributed by atoms with Crippen molar-refractivity contribution >= 4 is 37.6 Å². The third-order valence-electron chi connectivity index (χ3n) is 2.56. The third-order valence-corrected chi connectivity index (χ3v) is 3.23. The van der Waals surface area contributed by atoms with Crippen LogP contribution in [0.1, 0.15) is 0 Å². The molecule has 0 spiro atoms. The lowest BCUT2D eigenvalue weighted by molar-refractivity contribution is 1.44. The quantitative estimate of drug-likeness (QED) is 0.552. The largest absolute Gasteiger partial charge is 0.256 e. The zero-order valence-electron chi connectivity index (χ0n) is 7.94. The molecule has 2 heteroatoms.